The second kappa shape index (κ2) is 6.74. The van der Waals surface area contributed by atoms with E-state index in [-0.39, 0.29) is 0 Å². The SMILES string of the molecule is CCCc1nc2cccc(C(=O)O)c2n1C(CC)CCC. The van der Waals surface area contributed by atoms with E-state index < -0.39 is 5.97 Å². The Morgan fingerprint density at radius 1 is 1.29 bits per heavy atom. The molecule has 1 atom stereocenters. The molecule has 0 bridgehead atoms. The first-order valence-corrected chi connectivity index (χ1v) is 7.87. The van der Waals surface area contributed by atoms with Crippen molar-refractivity contribution in [2.24, 2.45) is 0 Å². The Labute approximate surface area is 125 Å². The van der Waals surface area contributed by atoms with E-state index in [1.165, 1.54) is 0 Å². The molecule has 0 aliphatic carbocycles. The summed E-state index contributed by atoms with van der Waals surface area (Å²) in [4.78, 5) is 16.3. The second-order valence-corrected chi connectivity index (χ2v) is 5.48. The maximum Gasteiger partial charge on any atom is 0.337 e. The van der Waals surface area contributed by atoms with Crippen molar-refractivity contribution >= 4 is 17.0 Å². The maximum absolute atomic E-state index is 11.6. The van der Waals surface area contributed by atoms with Gasteiger partial charge in [-0.1, -0.05) is 33.3 Å². The summed E-state index contributed by atoms with van der Waals surface area (Å²) >= 11 is 0. The van der Waals surface area contributed by atoms with Gasteiger partial charge >= 0.3 is 5.97 Å². The average molecular weight is 288 g/mol. The van der Waals surface area contributed by atoms with Crippen LogP contribution in [0.5, 0.6) is 0 Å². The quantitative estimate of drug-likeness (QED) is 0.819. The van der Waals surface area contributed by atoms with E-state index in [4.69, 9.17) is 4.98 Å². The molecule has 0 aliphatic heterocycles. The fourth-order valence-corrected chi connectivity index (χ4v) is 3.01. The molecule has 1 unspecified atom stereocenters. The third kappa shape index (κ3) is 2.94. The van der Waals surface area contributed by atoms with Crippen molar-refractivity contribution in [2.75, 3.05) is 0 Å². The lowest BCUT2D eigenvalue weighted by molar-refractivity contribution is 0.0698. The number of imidazole rings is 1. The highest BCUT2D eigenvalue weighted by Gasteiger charge is 2.21. The van der Waals surface area contributed by atoms with Gasteiger partial charge in [0.1, 0.15) is 5.82 Å². The van der Waals surface area contributed by atoms with E-state index in [0.29, 0.717) is 11.6 Å². The van der Waals surface area contributed by atoms with Gasteiger partial charge < -0.3 is 9.67 Å². The van der Waals surface area contributed by atoms with Crippen LogP contribution < -0.4 is 0 Å². The van der Waals surface area contributed by atoms with Crippen molar-refractivity contribution in [3.63, 3.8) is 0 Å². The molecule has 1 aromatic carbocycles. The van der Waals surface area contributed by atoms with E-state index in [0.717, 1.165) is 49.0 Å². The molecule has 0 saturated heterocycles. The number of aryl methyl sites for hydroxylation is 1. The predicted molar refractivity (Wildman–Crippen MR) is 84.9 cm³/mol. The number of nitrogens with zero attached hydrogens (tertiary/aromatic N) is 2. The smallest absolute Gasteiger partial charge is 0.337 e. The molecule has 0 amide bonds. The minimum absolute atomic E-state index is 0.321. The topological polar surface area (TPSA) is 55.1 Å². The molecule has 0 saturated carbocycles. The number of fused-ring (bicyclic) bond motifs is 1. The summed E-state index contributed by atoms with van der Waals surface area (Å²) in [5.74, 6) is 0.137. The lowest BCUT2D eigenvalue weighted by atomic mass is 10.1. The molecule has 2 rings (SSSR count). The number of aromatic carboxylic acids is 1. The van der Waals surface area contributed by atoms with Crippen LogP contribution in [0.25, 0.3) is 11.0 Å². The Morgan fingerprint density at radius 2 is 2.05 bits per heavy atom. The van der Waals surface area contributed by atoms with Crippen LogP contribution in [0.4, 0.5) is 0 Å². The summed E-state index contributed by atoms with van der Waals surface area (Å²) < 4.78 is 2.19. The Kier molecular flexibility index (Phi) is 4.99. The first-order chi connectivity index (χ1) is 10.1. The van der Waals surface area contributed by atoms with E-state index in [1.807, 2.05) is 6.07 Å². The maximum atomic E-state index is 11.6. The molecule has 0 aliphatic rings. The first-order valence-electron chi connectivity index (χ1n) is 7.87. The van der Waals surface area contributed by atoms with E-state index in [2.05, 4.69) is 25.3 Å². The predicted octanol–water partition coefficient (Wildman–Crippen LogP) is 4.44. The van der Waals surface area contributed by atoms with Crippen LogP contribution in [-0.4, -0.2) is 20.6 Å². The fraction of sp³-hybridized carbons (Fsp3) is 0.529. The number of carbonyl (C=O) groups is 1. The van der Waals surface area contributed by atoms with Gasteiger partial charge in [-0.2, -0.15) is 0 Å². The van der Waals surface area contributed by atoms with Gasteiger partial charge in [0.2, 0.25) is 0 Å². The van der Waals surface area contributed by atoms with Crippen molar-refractivity contribution in [1.29, 1.82) is 0 Å². The summed E-state index contributed by atoms with van der Waals surface area (Å²) in [6.07, 6.45) is 5.01. The van der Waals surface area contributed by atoms with Crippen molar-refractivity contribution in [2.45, 2.75) is 58.9 Å². The summed E-state index contributed by atoms with van der Waals surface area (Å²) in [7, 11) is 0. The molecule has 1 aromatic heterocycles. The highest BCUT2D eigenvalue weighted by atomic mass is 16.4. The summed E-state index contributed by atoms with van der Waals surface area (Å²) in [6, 6.07) is 5.69. The van der Waals surface area contributed by atoms with Gasteiger partial charge in [0.05, 0.1) is 16.6 Å². The molecule has 21 heavy (non-hydrogen) atoms. The van der Waals surface area contributed by atoms with Gasteiger partial charge in [0.15, 0.2) is 0 Å². The summed E-state index contributed by atoms with van der Waals surface area (Å²) in [5.41, 5.74) is 1.94. The molecule has 1 heterocycles. The van der Waals surface area contributed by atoms with Gasteiger partial charge in [-0.3, -0.25) is 0 Å². The zero-order valence-electron chi connectivity index (χ0n) is 13.1. The Hall–Kier alpha value is -1.84. The van der Waals surface area contributed by atoms with Crippen molar-refractivity contribution < 1.29 is 9.90 Å². The van der Waals surface area contributed by atoms with E-state index in [1.54, 1.807) is 12.1 Å². The number of rotatable bonds is 7. The van der Waals surface area contributed by atoms with Crippen LogP contribution >= 0.6 is 0 Å². The Balaban J connectivity index is 2.72. The molecule has 0 spiro atoms. The molecular weight excluding hydrogens is 264 g/mol. The average Bonchev–Trinajstić information content (AvgIpc) is 2.83. The van der Waals surface area contributed by atoms with Crippen LogP contribution in [0.1, 0.15) is 68.7 Å². The van der Waals surface area contributed by atoms with E-state index in [9.17, 15) is 9.90 Å². The molecule has 1 N–H and O–H groups in total. The number of aromatic nitrogens is 2. The van der Waals surface area contributed by atoms with Crippen LogP contribution in [0.2, 0.25) is 0 Å². The molecule has 2 aromatic rings. The van der Waals surface area contributed by atoms with Gasteiger partial charge in [-0.05, 0) is 31.4 Å². The molecular formula is C17H24N2O2. The number of para-hydroxylation sites is 1. The minimum Gasteiger partial charge on any atom is -0.478 e. The fourth-order valence-electron chi connectivity index (χ4n) is 3.01. The highest BCUT2D eigenvalue weighted by Crippen LogP contribution is 2.29. The number of carboxylic acid groups (broad SMARTS) is 1. The summed E-state index contributed by atoms with van der Waals surface area (Å²) in [5, 5.41) is 9.49. The molecule has 4 heteroatoms. The van der Waals surface area contributed by atoms with Crippen molar-refractivity contribution in [3.8, 4) is 0 Å². The van der Waals surface area contributed by atoms with Crippen molar-refractivity contribution in [1.82, 2.24) is 9.55 Å². The zero-order chi connectivity index (χ0) is 15.4. The van der Waals surface area contributed by atoms with Crippen molar-refractivity contribution in [3.05, 3.63) is 29.6 Å². The zero-order valence-corrected chi connectivity index (χ0v) is 13.1. The first kappa shape index (κ1) is 15.5. The normalized spacial score (nSPS) is 12.7. The third-order valence-corrected chi connectivity index (χ3v) is 3.95. The lowest BCUT2D eigenvalue weighted by Gasteiger charge is -2.20. The number of hydrogen-bond acceptors (Lipinski definition) is 2. The van der Waals surface area contributed by atoms with Gasteiger partial charge in [-0.15, -0.1) is 0 Å². The molecule has 4 nitrogen and oxygen atoms in total. The van der Waals surface area contributed by atoms with Crippen LogP contribution in [-0.2, 0) is 6.42 Å². The van der Waals surface area contributed by atoms with Crippen LogP contribution in [0.15, 0.2) is 18.2 Å². The molecule has 0 radical (unpaired) electrons. The third-order valence-electron chi connectivity index (χ3n) is 3.95. The van der Waals surface area contributed by atoms with Crippen LogP contribution in [0, 0.1) is 0 Å². The number of benzene rings is 1. The highest BCUT2D eigenvalue weighted by molar-refractivity contribution is 6.01. The molecule has 0 fully saturated rings. The monoisotopic (exact) mass is 288 g/mol. The van der Waals surface area contributed by atoms with E-state index >= 15 is 0 Å². The number of hydrogen-bond donors (Lipinski definition) is 1. The second-order valence-electron chi connectivity index (χ2n) is 5.48. The molecule has 114 valence electrons. The lowest BCUT2D eigenvalue weighted by Crippen LogP contribution is -2.13. The van der Waals surface area contributed by atoms with Gasteiger partial charge in [0, 0.05) is 12.5 Å². The van der Waals surface area contributed by atoms with Crippen LogP contribution in [0.3, 0.4) is 0 Å². The Morgan fingerprint density at radius 3 is 2.62 bits per heavy atom. The van der Waals surface area contributed by atoms with Gasteiger partial charge in [-0.25, -0.2) is 9.78 Å². The largest absolute Gasteiger partial charge is 0.478 e. The Bertz CT molecular complexity index is 631. The summed E-state index contributed by atoms with van der Waals surface area (Å²) in [6.45, 7) is 6.45. The number of carboxylic acids is 1. The minimum atomic E-state index is -0.879. The van der Waals surface area contributed by atoms with Gasteiger partial charge in [0.25, 0.3) is 0 Å². The standard InChI is InChI=1S/C17H24N2O2/c1-4-8-12(6-3)19-15(9-5-2)18-14-11-7-10-13(16(14)19)17(20)21/h7,10-12H,4-6,8-9H2,1-3H3,(H,20,21).